The van der Waals surface area contributed by atoms with Gasteiger partial charge in [0.2, 0.25) is 0 Å². The Balaban J connectivity index is 0.00000218. The number of aryl methyl sites for hydroxylation is 2. The van der Waals surface area contributed by atoms with E-state index in [1.54, 1.807) is 6.92 Å². The second-order valence-corrected chi connectivity index (χ2v) is 8.56. The molecule has 1 aliphatic rings. The van der Waals surface area contributed by atoms with E-state index in [1.165, 1.54) is 22.3 Å². The van der Waals surface area contributed by atoms with Crippen LogP contribution >= 0.6 is 0 Å². The number of hydrogen-bond acceptors (Lipinski definition) is 2. The predicted octanol–water partition coefficient (Wildman–Crippen LogP) is 7.69. The summed E-state index contributed by atoms with van der Waals surface area (Å²) >= 11 is 0. The zero-order valence-corrected chi connectivity index (χ0v) is 20.5. The van der Waals surface area contributed by atoms with Gasteiger partial charge in [0.25, 0.3) is 0 Å². The van der Waals surface area contributed by atoms with Crippen molar-refractivity contribution in [3.63, 3.8) is 0 Å². The molecule has 0 spiro atoms. The van der Waals surface area contributed by atoms with Crippen molar-refractivity contribution in [2.45, 2.75) is 87.5 Å². The molecule has 0 radical (unpaired) electrons. The zero-order chi connectivity index (χ0) is 23.2. The molecular weight excluding hydrogens is 368 g/mol. The Morgan fingerprint density at radius 2 is 1.63 bits per heavy atom. The van der Waals surface area contributed by atoms with Crippen molar-refractivity contribution in [1.82, 2.24) is 0 Å². The van der Waals surface area contributed by atoms with Crippen molar-refractivity contribution in [3.05, 3.63) is 63.8 Å². The minimum atomic E-state index is -0.272. The first-order valence-corrected chi connectivity index (χ1v) is 11.2. The molecule has 0 amide bonds. The van der Waals surface area contributed by atoms with E-state index < -0.39 is 0 Å². The third-order valence-corrected chi connectivity index (χ3v) is 5.70. The Morgan fingerprint density at radius 1 is 1.10 bits per heavy atom. The van der Waals surface area contributed by atoms with Gasteiger partial charge in [0.05, 0.1) is 5.92 Å². The maximum absolute atomic E-state index is 13.0. The SMILES string of the molecule is C=C1CC(CC(C)=O)C(=O)C1c1c(C)cc(/C(CC)=C(\C)C=C(C)C)cc1C.CC. The highest BCUT2D eigenvalue weighted by molar-refractivity contribution is 5.97. The van der Waals surface area contributed by atoms with E-state index in [1.807, 2.05) is 13.8 Å². The van der Waals surface area contributed by atoms with Gasteiger partial charge in [-0.15, -0.1) is 0 Å². The van der Waals surface area contributed by atoms with Crippen molar-refractivity contribution in [3.8, 4) is 0 Å². The lowest BCUT2D eigenvalue weighted by Crippen LogP contribution is -2.17. The van der Waals surface area contributed by atoms with Gasteiger partial charge >= 0.3 is 0 Å². The van der Waals surface area contributed by atoms with Crippen LogP contribution in [0.5, 0.6) is 0 Å². The molecule has 164 valence electrons. The molecule has 0 bridgehead atoms. The lowest BCUT2D eigenvalue weighted by atomic mass is 9.83. The van der Waals surface area contributed by atoms with Crippen LogP contribution < -0.4 is 0 Å². The molecule has 1 saturated carbocycles. The molecule has 30 heavy (non-hydrogen) atoms. The molecule has 0 aliphatic heterocycles. The van der Waals surface area contributed by atoms with Crippen LogP contribution in [0.4, 0.5) is 0 Å². The van der Waals surface area contributed by atoms with E-state index in [2.05, 4.69) is 66.3 Å². The molecule has 2 atom stereocenters. The molecule has 2 unspecified atom stereocenters. The molecule has 0 heterocycles. The molecule has 1 aromatic carbocycles. The summed E-state index contributed by atoms with van der Waals surface area (Å²) in [6.07, 6.45) is 4.15. The molecule has 0 aromatic heterocycles. The van der Waals surface area contributed by atoms with E-state index in [4.69, 9.17) is 0 Å². The Hall–Kier alpha value is -2.22. The molecule has 1 aromatic rings. The highest BCUT2D eigenvalue weighted by Gasteiger charge is 2.39. The summed E-state index contributed by atoms with van der Waals surface area (Å²) in [5.74, 6) is -0.250. The van der Waals surface area contributed by atoms with E-state index in [9.17, 15) is 9.59 Å². The average molecular weight is 409 g/mol. The minimum absolute atomic E-state index is 0.0723. The van der Waals surface area contributed by atoms with Crippen molar-refractivity contribution in [2.75, 3.05) is 0 Å². The largest absolute Gasteiger partial charge is 0.300 e. The molecule has 1 fully saturated rings. The number of Topliss-reactive ketones (excluding diaryl/α,β-unsaturated/α-hetero) is 2. The number of rotatable bonds is 6. The first-order chi connectivity index (χ1) is 14.1. The molecule has 0 N–H and O–H groups in total. The van der Waals surface area contributed by atoms with Crippen LogP contribution in [0.2, 0.25) is 0 Å². The Labute approximate surface area is 184 Å². The predicted molar refractivity (Wildman–Crippen MR) is 130 cm³/mol. The number of carbonyl (C=O) groups excluding carboxylic acids is 2. The van der Waals surface area contributed by atoms with Crippen LogP contribution in [-0.2, 0) is 9.59 Å². The van der Waals surface area contributed by atoms with Crippen LogP contribution in [0.1, 0.15) is 95.9 Å². The van der Waals surface area contributed by atoms with E-state index in [0.29, 0.717) is 12.8 Å². The smallest absolute Gasteiger partial charge is 0.148 e. The Kier molecular flexibility index (Phi) is 9.68. The second-order valence-electron chi connectivity index (χ2n) is 8.56. The van der Waals surface area contributed by atoms with E-state index >= 15 is 0 Å². The highest BCUT2D eigenvalue weighted by Crippen LogP contribution is 2.43. The quantitative estimate of drug-likeness (QED) is 0.357. The second kappa shape index (κ2) is 11.2. The fourth-order valence-corrected chi connectivity index (χ4v) is 4.67. The number of allylic oxidation sites excluding steroid dienone is 5. The fraction of sp³-hybridized carbons (Fsp3) is 0.500. The molecular formula is C28H40O2. The topological polar surface area (TPSA) is 34.1 Å². The summed E-state index contributed by atoms with van der Waals surface area (Å²) in [4.78, 5) is 24.6. The van der Waals surface area contributed by atoms with E-state index in [-0.39, 0.29) is 23.4 Å². The summed E-state index contributed by atoms with van der Waals surface area (Å²) in [5, 5.41) is 0. The highest BCUT2D eigenvalue weighted by atomic mass is 16.1. The minimum Gasteiger partial charge on any atom is -0.300 e. The lowest BCUT2D eigenvalue weighted by molar-refractivity contribution is -0.126. The average Bonchev–Trinajstić information content (AvgIpc) is 2.90. The van der Waals surface area contributed by atoms with Gasteiger partial charge in [-0.1, -0.05) is 56.7 Å². The molecule has 2 nitrogen and oxygen atoms in total. The molecule has 2 rings (SSSR count). The van der Waals surface area contributed by atoms with Crippen LogP contribution in [0.25, 0.3) is 5.57 Å². The van der Waals surface area contributed by atoms with Gasteiger partial charge in [0, 0.05) is 12.3 Å². The maximum Gasteiger partial charge on any atom is 0.148 e. The summed E-state index contributed by atoms with van der Waals surface area (Å²) in [6.45, 7) is 22.5. The van der Waals surface area contributed by atoms with Gasteiger partial charge in [-0.25, -0.2) is 0 Å². The van der Waals surface area contributed by atoms with E-state index in [0.717, 1.165) is 28.7 Å². The summed E-state index contributed by atoms with van der Waals surface area (Å²) in [5.41, 5.74) is 9.44. The van der Waals surface area contributed by atoms with Gasteiger partial charge in [-0.3, -0.25) is 4.79 Å². The van der Waals surface area contributed by atoms with Gasteiger partial charge < -0.3 is 4.79 Å². The molecule has 2 heteroatoms. The number of carbonyl (C=O) groups is 2. The zero-order valence-electron chi connectivity index (χ0n) is 20.5. The van der Waals surface area contributed by atoms with Crippen LogP contribution in [0.15, 0.2) is 41.5 Å². The summed E-state index contributed by atoms with van der Waals surface area (Å²) < 4.78 is 0. The van der Waals surface area contributed by atoms with Crippen LogP contribution in [-0.4, -0.2) is 11.6 Å². The van der Waals surface area contributed by atoms with Crippen LogP contribution in [0, 0.1) is 19.8 Å². The fourth-order valence-electron chi connectivity index (χ4n) is 4.67. The van der Waals surface area contributed by atoms with Gasteiger partial charge in [-0.05, 0) is 87.8 Å². The Morgan fingerprint density at radius 3 is 2.07 bits per heavy atom. The third-order valence-electron chi connectivity index (χ3n) is 5.70. The third kappa shape index (κ3) is 5.90. The first-order valence-electron chi connectivity index (χ1n) is 11.2. The summed E-state index contributed by atoms with van der Waals surface area (Å²) in [6, 6.07) is 4.42. The van der Waals surface area contributed by atoms with Crippen molar-refractivity contribution < 1.29 is 9.59 Å². The molecule has 0 saturated heterocycles. The first kappa shape index (κ1) is 25.8. The monoisotopic (exact) mass is 408 g/mol. The van der Waals surface area contributed by atoms with Crippen molar-refractivity contribution in [2.24, 2.45) is 5.92 Å². The van der Waals surface area contributed by atoms with Gasteiger partial charge in [-0.2, -0.15) is 0 Å². The standard InChI is InChI=1S/C26H34O2.C2H6/c1-9-23(16(4)10-15(2)3)21-11-17(5)24(18(6)12-21)25-19(7)13-22(26(25)28)14-20(8)27;1-2/h10-12,22,25H,7,9,13-14H2,1-6,8H3;1-2H3/b23-16+;. The van der Waals surface area contributed by atoms with Gasteiger partial charge in [0.15, 0.2) is 0 Å². The number of hydrogen-bond donors (Lipinski definition) is 0. The number of benzene rings is 1. The number of ketones is 2. The lowest BCUT2D eigenvalue weighted by Gasteiger charge is -2.20. The van der Waals surface area contributed by atoms with Crippen LogP contribution in [0.3, 0.4) is 0 Å². The van der Waals surface area contributed by atoms with Crippen molar-refractivity contribution >= 4 is 17.1 Å². The maximum atomic E-state index is 13.0. The van der Waals surface area contributed by atoms with Gasteiger partial charge in [0.1, 0.15) is 11.6 Å². The van der Waals surface area contributed by atoms with Crippen molar-refractivity contribution in [1.29, 1.82) is 0 Å². The Bertz CT molecular complexity index is 853. The normalized spacial score (nSPS) is 19.1. The summed E-state index contributed by atoms with van der Waals surface area (Å²) in [7, 11) is 0. The molecule has 1 aliphatic carbocycles.